The van der Waals surface area contributed by atoms with Crippen LogP contribution in [-0.4, -0.2) is 22.3 Å². The predicted molar refractivity (Wildman–Crippen MR) is 47.3 cm³/mol. The van der Waals surface area contributed by atoms with Gasteiger partial charge in [-0.15, -0.1) is 0 Å². The fraction of sp³-hybridized carbons (Fsp3) is 0.800. The number of halogens is 3. The van der Waals surface area contributed by atoms with Crippen molar-refractivity contribution in [2.45, 2.75) is 18.1 Å². The molecule has 0 aliphatic heterocycles. The highest BCUT2D eigenvalue weighted by Crippen LogP contribution is 2.03. The molecule has 0 unspecified atom stereocenters. The maximum Gasteiger partial charge on any atom is 0.302 e. The third kappa shape index (κ3) is 65.2. The Kier molecular flexibility index (Phi) is 20.5. The van der Waals surface area contributed by atoms with Gasteiger partial charge in [-0.2, -0.15) is 0 Å². The van der Waals surface area contributed by atoms with Crippen molar-refractivity contribution in [2.24, 2.45) is 0 Å². The summed E-state index contributed by atoms with van der Waals surface area (Å²) in [5.74, 6) is -0.211. The molecule has 0 aliphatic rings. The van der Waals surface area contributed by atoms with Crippen LogP contribution in [0, 0.1) is 0 Å². The third-order valence-corrected chi connectivity index (χ3v) is 0.348. The van der Waals surface area contributed by atoms with Crippen LogP contribution in [0.4, 0.5) is 0 Å². The van der Waals surface area contributed by atoms with Crippen molar-refractivity contribution >= 4 is 40.8 Å². The lowest BCUT2D eigenvalue weighted by molar-refractivity contribution is -0.140. The Balaban J connectivity index is -0.000000114. The van der Waals surface area contributed by atoms with E-state index in [2.05, 4.69) is 4.74 Å². The molecule has 0 saturated carbocycles. The van der Waals surface area contributed by atoms with Gasteiger partial charge in [0, 0.05) is 6.92 Å². The molecular formula is C5H11Cl3O3. The summed E-state index contributed by atoms with van der Waals surface area (Å²) < 4.78 is 3.65. The average molecular weight is 225 g/mol. The molecule has 0 heterocycles. The zero-order valence-corrected chi connectivity index (χ0v) is 8.50. The number of ether oxygens (including phenoxy) is 1. The molecule has 0 aromatic heterocycles. The molecule has 2 N–H and O–H groups in total. The maximum absolute atomic E-state index is 9.82. The standard InChI is InChI=1S/C4H8O2.CHCl3.H2O/c1-3-6-4(2)5;2-1(3)4;/h3H2,1-2H3;1H;1H2. The van der Waals surface area contributed by atoms with E-state index in [1.807, 2.05) is 0 Å². The fourth-order valence-electron chi connectivity index (χ4n) is 0.203. The van der Waals surface area contributed by atoms with Crippen LogP contribution < -0.4 is 0 Å². The lowest BCUT2D eigenvalue weighted by Gasteiger charge is -1.89. The Hall–Kier alpha value is 0.300. The number of carbonyl (C=O) groups excluding carboxylic acids is 1. The van der Waals surface area contributed by atoms with Gasteiger partial charge in [-0.25, -0.2) is 0 Å². The van der Waals surface area contributed by atoms with Crippen LogP contribution in [0.5, 0.6) is 0 Å². The van der Waals surface area contributed by atoms with Crippen LogP contribution in [-0.2, 0) is 9.53 Å². The molecule has 0 saturated heterocycles. The van der Waals surface area contributed by atoms with Gasteiger partial charge >= 0.3 is 5.97 Å². The number of rotatable bonds is 1. The van der Waals surface area contributed by atoms with E-state index in [1.165, 1.54) is 6.92 Å². The second-order valence-corrected chi connectivity index (χ2v) is 3.15. The first-order valence-corrected chi connectivity index (χ1v) is 3.87. The van der Waals surface area contributed by atoms with E-state index in [0.29, 0.717) is 6.61 Å². The second kappa shape index (κ2) is 12.9. The smallest absolute Gasteiger partial charge is 0.302 e. The van der Waals surface area contributed by atoms with Crippen LogP contribution in [0.25, 0.3) is 0 Å². The van der Waals surface area contributed by atoms with Gasteiger partial charge in [-0.05, 0) is 6.92 Å². The zero-order chi connectivity index (χ0) is 8.57. The highest BCUT2D eigenvalue weighted by Gasteiger charge is 1.81. The first kappa shape index (κ1) is 17.4. The summed E-state index contributed by atoms with van der Waals surface area (Å²) in [6.45, 7) is 3.65. The Bertz CT molecular complexity index is 84.3. The zero-order valence-electron chi connectivity index (χ0n) is 6.23. The molecule has 0 aliphatic carbocycles. The van der Waals surface area contributed by atoms with Gasteiger partial charge in [-0.3, -0.25) is 4.79 Å². The Labute approximate surface area is 80.9 Å². The quantitative estimate of drug-likeness (QED) is 0.504. The first-order chi connectivity index (χ1) is 4.50. The fourth-order valence-corrected chi connectivity index (χ4v) is 0.203. The van der Waals surface area contributed by atoms with Crippen molar-refractivity contribution < 1.29 is 15.0 Å². The molecule has 0 bridgehead atoms. The van der Waals surface area contributed by atoms with Crippen molar-refractivity contribution in [3.63, 3.8) is 0 Å². The molecular weight excluding hydrogens is 214 g/mol. The molecule has 0 aromatic carbocycles. The van der Waals surface area contributed by atoms with Crippen LogP contribution >= 0.6 is 34.8 Å². The Morgan fingerprint density at radius 3 is 1.73 bits per heavy atom. The molecule has 70 valence electrons. The normalized spacial score (nSPS) is 7.45. The van der Waals surface area contributed by atoms with E-state index in [1.54, 1.807) is 6.92 Å². The van der Waals surface area contributed by atoms with Gasteiger partial charge in [0.1, 0.15) is 0 Å². The molecule has 0 aromatic rings. The van der Waals surface area contributed by atoms with Crippen molar-refractivity contribution in [1.82, 2.24) is 0 Å². The molecule has 0 spiro atoms. The average Bonchev–Trinajstić information content (AvgIpc) is 1.62. The van der Waals surface area contributed by atoms with E-state index in [-0.39, 0.29) is 11.4 Å². The summed E-state index contributed by atoms with van der Waals surface area (Å²) in [5.41, 5.74) is 0. The van der Waals surface area contributed by atoms with Crippen molar-refractivity contribution in [1.29, 1.82) is 0 Å². The first-order valence-electron chi connectivity index (χ1n) is 2.56. The molecule has 3 nitrogen and oxygen atoms in total. The summed E-state index contributed by atoms with van der Waals surface area (Å²) in [5, 5.41) is 0. The summed E-state index contributed by atoms with van der Waals surface area (Å²) in [4.78, 5) is 9.82. The van der Waals surface area contributed by atoms with Gasteiger partial charge in [-0.1, -0.05) is 34.8 Å². The lowest BCUT2D eigenvalue weighted by Crippen LogP contribution is -1.95. The Morgan fingerprint density at radius 1 is 1.45 bits per heavy atom. The van der Waals surface area contributed by atoms with Gasteiger partial charge in [0.25, 0.3) is 0 Å². The highest BCUT2D eigenvalue weighted by atomic mass is 35.6. The van der Waals surface area contributed by atoms with Gasteiger partial charge in [0.05, 0.1) is 6.61 Å². The van der Waals surface area contributed by atoms with Crippen LogP contribution in [0.3, 0.4) is 0 Å². The van der Waals surface area contributed by atoms with Crippen molar-refractivity contribution in [2.75, 3.05) is 6.61 Å². The number of carbonyl (C=O) groups is 1. The monoisotopic (exact) mass is 224 g/mol. The van der Waals surface area contributed by atoms with Crippen molar-refractivity contribution in [3.8, 4) is 0 Å². The number of alkyl halides is 3. The number of hydrogen-bond donors (Lipinski definition) is 0. The van der Waals surface area contributed by atoms with E-state index in [0.717, 1.165) is 0 Å². The second-order valence-electron chi connectivity index (χ2n) is 1.17. The van der Waals surface area contributed by atoms with E-state index >= 15 is 0 Å². The molecule has 0 radical (unpaired) electrons. The molecule has 0 atom stereocenters. The molecule has 6 heteroatoms. The van der Waals surface area contributed by atoms with Crippen molar-refractivity contribution in [3.05, 3.63) is 0 Å². The van der Waals surface area contributed by atoms with E-state index in [4.69, 9.17) is 34.8 Å². The Morgan fingerprint density at radius 2 is 1.73 bits per heavy atom. The minimum absolute atomic E-state index is 0. The van der Waals surface area contributed by atoms with Gasteiger partial charge in [0.15, 0.2) is 4.30 Å². The minimum atomic E-state index is -0.750. The van der Waals surface area contributed by atoms with E-state index < -0.39 is 4.30 Å². The molecule has 0 fully saturated rings. The van der Waals surface area contributed by atoms with Crippen LogP contribution in [0.15, 0.2) is 0 Å². The largest absolute Gasteiger partial charge is 0.466 e. The molecule has 0 amide bonds. The summed E-state index contributed by atoms with van der Waals surface area (Å²) in [6, 6.07) is 0. The molecule has 0 rings (SSSR count). The summed E-state index contributed by atoms with van der Waals surface area (Å²) in [6.07, 6.45) is 0. The third-order valence-electron chi connectivity index (χ3n) is 0.348. The van der Waals surface area contributed by atoms with Crippen LogP contribution in [0.1, 0.15) is 13.8 Å². The van der Waals surface area contributed by atoms with Gasteiger partial charge < -0.3 is 10.2 Å². The van der Waals surface area contributed by atoms with Gasteiger partial charge in [0.2, 0.25) is 0 Å². The molecule has 11 heavy (non-hydrogen) atoms. The number of hydrogen-bond acceptors (Lipinski definition) is 2. The van der Waals surface area contributed by atoms with Crippen LogP contribution in [0.2, 0.25) is 0 Å². The summed E-state index contributed by atoms with van der Waals surface area (Å²) >= 11 is 14.4. The lowest BCUT2D eigenvalue weighted by atomic mass is 10.8. The minimum Gasteiger partial charge on any atom is -0.466 e. The predicted octanol–water partition coefficient (Wildman–Crippen LogP) is 1.73. The SMILES string of the molecule is CCOC(C)=O.ClC(Cl)Cl.O. The number of esters is 1. The maximum atomic E-state index is 9.82. The summed E-state index contributed by atoms with van der Waals surface area (Å²) in [7, 11) is 0. The topological polar surface area (TPSA) is 57.8 Å². The highest BCUT2D eigenvalue weighted by molar-refractivity contribution is 6.63. The van der Waals surface area contributed by atoms with E-state index in [9.17, 15) is 4.79 Å².